The summed E-state index contributed by atoms with van der Waals surface area (Å²) in [5, 5.41) is 15.7. The molecule has 2 N–H and O–H groups in total. The van der Waals surface area contributed by atoms with Crippen LogP contribution in [0.2, 0.25) is 0 Å². The lowest BCUT2D eigenvalue weighted by molar-refractivity contribution is -0.124. The Labute approximate surface area is 177 Å². The fourth-order valence-electron chi connectivity index (χ4n) is 5.98. The third kappa shape index (κ3) is 3.57. The maximum absolute atomic E-state index is 14.9. The van der Waals surface area contributed by atoms with Gasteiger partial charge in [-0.05, 0) is 62.8 Å². The maximum atomic E-state index is 14.9. The molecule has 7 heteroatoms. The highest BCUT2D eigenvalue weighted by atomic mass is 19.1. The van der Waals surface area contributed by atoms with Gasteiger partial charge in [-0.3, -0.25) is 9.69 Å². The average Bonchev–Trinajstić information content (AvgIpc) is 3.41. The number of rotatable bonds is 5. The molecule has 1 saturated carbocycles. The zero-order valence-electron chi connectivity index (χ0n) is 17.5. The van der Waals surface area contributed by atoms with E-state index in [9.17, 15) is 14.4 Å². The van der Waals surface area contributed by atoms with E-state index in [-0.39, 0.29) is 24.2 Å². The molecule has 1 aromatic rings. The van der Waals surface area contributed by atoms with Crippen molar-refractivity contribution in [1.29, 1.82) is 5.26 Å². The molecule has 4 fully saturated rings. The van der Waals surface area contributed by atoms with Gasteiger partial charge in [-0.25, -0.2) is 4.39 Å². The van der Waals surface area contributed by atoms with Crippen LogP contribution in [-0.2, 0) is 11.2 Å². The molecule has 6 atom stereocenters. The Kier molecular flexibility index (Phi) is 5.16. The van der Waals surface area contributed by atoms with Crippen molar-refractivity contribution < 1.29 is 9.18 Å². The van der Waals surface area contributed by atoms with Gasteiger partial charge < -0.3 is 15.5 Å². The number of piperazine rings is 1. The molecule has 0 spiro atoms. The molecular formula is C23H30FN5O. The largest absolute Gasteiger partial charge is 0.368 e. The molecule has 3 saturated heterocycles. The van der Waals surface area contributed by atoms with Crippen LogP contribution < -0.4 is 15.5 Å². The molecule has 3 heterocycles. The average molecular weight is 412 g/mol. The zero-order chi connectivity index (χ0) is 20.8. The Hall–Kier alpha value is -2.17. The second-order valence-electron chi connectivity index (χ2n) is 9.54. The molecule has 3 aliphatic heterocycles. The Morgan fingerprint density at radius 2 is 2.07 bits per heavy atom. The summed E-state index contributed by atoms with van der Waals surface area (Å²) in [4.78, 5) is 17.3. The minimum Gasteiger partial charge on any atom is -0.368 e. The van der Waals surface area contributed by atoms with E-state index in [1.165, 1.54) is 12.8 Å². The number of hydrogen-bond acceptors (Lipinski definition) is 5. The number of nitrogens with one attached hydrogen (secondary N) is 2. The van der Waals surface area contributed by atoms with Gasteiger partial charge in [0.05, 0.1) is 12.1 Å². The van der Waals surface area contributed by atoms with Crippen LogP contribution in [0.4, 0.5) is 10.1 Å². The number of likely N-dealkylation sites (N-methyl/N-ethyl adjacent to an activating group) is 1. The van der Waals surface area contributed by atoms with Gasteiger partial charge >= 0.3 is 0 Å². The van der Waals surface area contributed by atoms with E-state index in [1.807, 2.05) is 6.07 Å². The molecule has 0 radical (unpaired) electrons. The van der Waals surface area contributed by atoms with Gasteiger partial charge in [0, 0.05) is 43.3 Å². The van der Waals surface area contributed by atoms with E-state index >= 15 is 0 Å². The summed E-state index contributed by atoms with van der Waals surface area (Å²) in [6.45, 7) is 1.86. The van der Waals surface area contributed by atoms with E-state index in [0.29, 0.717) is 29.6 Å². The van der Waals surface area contributed by atoms with Crippen LogP contribution in [0.1, 0.15) is 37.7 Å². The number of carbonyl (C=O) groups is 1. The van der Waals surface area contributed by atoms with Crippen molar-refractivity contribution in [2.75, 3.05) is 25.0 Å². The van der Waals surface area contributed by atoms with Crippen molar-refractivity contribution in [2.45, 2.75) is 68.7 Å². The van der Waals surface area contributed by atoms with Crippen molar-refractivity contribution in [1.82, 2.24) is 15.5 Å². The number of piperidine rings is 1. The first-order valence-electron chi connectivity index (χ1n) is 11.2. The lowest BCUT2D eigenvalue weighted by atomic mass is 9.98. The summed E-state index contributed by atoms with van der Waals surface area (Å²) >= 11 is 0. The molecule has 5 rings (SSSR count). The predicted octanol–water partition coefficient (Wildman–Crippen LogP) is 1.80. The summed E-state index contributed by atoms with van der Waals surface area (Å²) in [7, 11) is 2.19. The molecule has 2 unspecified atom stereocenters. The molecule has 0 aromatic heterocycles. The van der Waals surface area contributed by atoms with Crippen molar-refractivity contribution in [3.05, 3.63) is 29.6 Å². The number of halogens is 1. The smallest absolute Gasteiger partial charge is 0.238 e. The molecule has 30 heavy (non-hydrogen) atoms. The van der Waals surface area contributed by atoms with Gasteiger partial charge in [0.15, 0.2) is 0 Å². The van der Waals surface area contributed by atoms with Gasteiger partial charge in [-0.2, -0.15) is 5.26 Å². The second kappa shape index (κ2) is 7.82. The molecular weight excluding hydrogens is 381 g/mol. The molecule has 1 aromatic carbocycles. The van der Waals surface area contributed by atoms with Crippen LogP contribution in [0, 0.1) is 23.1 Å². The SMILES string of the molecule is CN1C2CCC1CN(c1ccc(C[C@@H](C#N)NC(=O)[C@H]3N[C@@H]4CC[C@H]3C4)c(F)c1)C2. The maximum Gasteiger partial charge on any atom is 0.238 e. The van der Waals surface area contributed by atoms with Crippen LogP contribution in [-0.4, -0.2) is 61.2 Å². The molecule has 4 bridgehead atoms. The van der Waals surface area contributed by atoms with E-state index in [2.05, 4.69) is 33.6 Å². The minimum absolute atomic E-state index is 0.126. The summed E-state index contributed by atoms with van der Waals surface area (Å²) in [5.74, 6) is -0.0609. The monoisotopic (exact) mass is 411 g/mol. The van der Waals surface area contributed by atoms with Gasteiger partial charge in [0.25, 0.3) is 0 Å². The lowest BCUT2D eigenvalue weighted by Gasteiger charge is -2.40. The number of benzene rings is 1. The summed E-state index contributed by atoms with van der Waals surface area (Å²) < 4.78 is 14.9. The highest BCUT2D eigenvalue weighted by Gasteiger charge is 2.43. The number of amides is 1. The number of fused-ring (bicyclic) bond motifs is 4. The Bertz CT molecular complexity index is 856. The Morgan fingerprint density at radius 1 is 1.30 bits per heavy atom. The molecule has 4 aliphatic rings. The normalized spacial score (nSPS) is 33.5. The zero-order valence-corrected chi connectivity index (χ0v) is 17.5. The molecule has 1 amide bonds. The summed E-state index contributed by atoms with van der Waals surface area (Å²) in [6, 6.07) is 8.05. The van der Waals surface area contributed by atoms with Crippen LogP contribution >= 0.6 is 0 Å². The minimum atomic E-state index is -0.724. The number of nitriles is 1. The van der Waals surface area contributed by atoms with Gasteiger partial charge in [-0.1, -0.05) is 6.07 Å². The summed E-state index contributed by atoms with van der Waals surface area (Å²) in [6.07, 6.45) is 5.83. The molecule has 160 valence electrons. The van der Waals surface area contributed by atoms with E-state index in [4.69, 9.17) is 0 Å². The van der Waals surface area contributed by atoms with Crippen molar-refractivity contribution in [2.24, 2.45) is 5.92 Å². The number of anilines is 1. The van der Waals surface area contributed by atoms with Crippen LogP contribution in [0.15, 0.2) is 18.2 Å². The standard InChI is InChI=1S/C23H30FN5O/c1-28-19-6-7-20(28)13-29(12-19)18-5-3-14(21(24)10-18)8-17(11-25)27-23(30)22-15-2-4-16(9-15)26-22/h3,5,10,15-17,19-20,22,26H,2,4,6-9,12-13H2,1H3,(H,27,30)/t15-,16+,17-,19?,20?,22-/m0/s1. The second-order valence-corrected chi connectivity index (χ2v) is 9.54. The van der Waals surface area contributed by atoms with Crippen molar-refractivity contribution >= 4 is 11.6 Å². The number of carbonyl (C=O) groups excluding carboxylic acids is 1. The first-order valence-corrected chi connectivity index (χ1v) is 11.2. The highest BCUT2D eigenvalue weighted by Crippen LogP contribution is 2.35. The topological polar surface area (TPSA) is 71.4 Å². The fraction of sp³-hybridized carbons (Fsp3) is 0.652. The molecule has 6 nitrogen and oxygen atoms in total. The van der Waals surface area contributed by atoms with Crippen LogP contribution in [0.3, 0.4) is 0 Å². The van der Waals surface area contributed by atoms with Crippen molar-refractivity contribution in [3.8, 4) is 6.07 Å². The quantitative estimate of drug-likeness (QED) is 0.773. The van der Waals surface area contributed by atoms with Crippen LogP contribution in [0.25, 0.3) is 0 Å². The predicted molar refractivity (Wildman–Crippen MR) is 112 cm³/mol. The van der Waals surface area contributed by atoms with Gasteiger partial charge in [-0.15, -0.1) is 0 Å². The number of hydrogen-bond donors (Lipinski definition) is 2. The Morgan fingerprint density at radius 3 is 2.67 bits per heavy atom. The van der Waals surface area contributed by atoms with Crippen molar-refractivity contribution in [3.63, 3.8) is 0 Å². The highest BCUT2D eigenvalue weighted by molar-refractivity contribution is 5.83. The van der Waals surface area contributed by atoms with Gasteiger partial charge in [0.1, 0.15) is 11.9 Å². The lowest BCUT2D eigenvalue weighted by Crippen LogP contribution is -2.52. The molecule has 1 aliphatic carbocycles. The van der Waals surface area contributed by atoms with Gasteiger partial charge in [0.2, 0.25) is 5.91 Å². The first-order chi connectivity index (χ1) is 14.5. The third-order valence-corrected chi connectivity index (χ3v) is 7.79. The third-order valence-electron chi connectivity index (χ3n) is 7.79. The van der Waals surface area contributed by atoms with E-state index in [0.717, 1.165) is 38.0 Å². The first kappa shape index (κ1) is 19.8. The number of nitrogens with zero attached hydrogens (tertiary/aromatic N) is 3. The summed E-state index contributed by atoms with van der Waals surface area (Å²) in [5.41, 5.74) is 1.38. The van der Waals surface area contributed by atoms with Crippen LogP contribution in [0.5, 0.6) is 0 Å². The Balaban J connectivity index is 1.22. The van der Waals surface area contributed by atoms with E-state index < -0.39 is 6.04 Å². The van der Waals surface area contributed by atoms with E-state index in [1.54, 1.807) is 12.1 Å². The fourth-order valence-corrected chi connectivity index (χ4v) is 5.98.